The Bertz CT molecular complexity index is 2330. The van der Waals surface area contributed by atoms with E-state index in [1.165, 1.54) is 16.2 Å². The number of hydrogen-bond acceptors (Lipinski definition) is 13. The highest BCUT2D eigenvalue weighted by Gasteiger charge is 2.62. The standard InChI is InChI=1S/C45H59N7O9S2/c1-27(2)46-43-48-37(26-62-43)36-23-39(33-20-19-30(59-3)21-35(33)47-36)60-31-22-38-40(53)50-45(42(55)51-63(57,58)32-16-11-12-17-32)24-28(45)13-7-5-4-6-8-18-34(41(54)52(38)25-31)49-44(56)61-29-14-9-10-15-29/h7,13,19-21,23,26-29,31-32,34,38H,4-6,8-12,14-18,22,24-25H2,1-3H3,(H,46,48)(H,49,56)(H,50,53)(H,51,55)/b13-7-/t28-,31-,34+,38+,45-/m1/s1. The van der Waals surface area contributed by atoms with Gasteiger partial charge in [0, 0.05) is 41.3 Å². The molecule has 2 aliphatic heterocycles. The number of thiazole rings is 1. The van der Waals surface area contributed by atoms with Gasteiger partial charge < -0.3 is 35.1 Å². The Kier molecular flexibility index (Phi) is 13.5. The SMILES string of the molecule is COc1ccc2c(O[C@@H]3C[C@H]4C(=O)N[C@]5(C(=O)NS(=O)(=O)C6CCCC6)C[C@H]5/C=C\CCCCC[C@H](NC(=O)OC5CCCC5)C(=O)N4C3)cc(-c3csc(NC(C)C)n3)nc2c1. The Balaban J connectivity index is 1.11. The fraction of sp³-hybridized carbons (Fsp3) is 0.600. The average Bonchev–Trinajstić information content (AvgIpc) is 3.92. The van der Waals surface area contributed by atoms with Gasteiger partial charge in [-0.25, -0.2) is 23.2 Å². The van der Waals surface area contributed by atoms with E-state index in [1.54, 1.807) is 25.3 Å². The number of methoxy groups -OCH3 is 1. The van der Waals surface area contributed by atoms with E-state index < -0.39 is 68.7 Å². The van der Waals surface area contributed by atoms with Crippen LogP contribution < -0.4 is 30.1 Å². The van der Waals surface area contributed by atoms with E-state index in [-0.39, 0.29) is 31.5 Å². The zero-order valence-electron chi connectivity index (χ0n) is 36.2. The van der Waals surface area contributed by atoms with Gasteiger partial charge in [-0.1, -0.05) is 37.8 Å². The van der Waals surface area contributed by atoms with Gasteiger partial charge in [0.2, 0.25) is 21.8 Å². The number of benzene rings is 1. The molecule has 3 aliphatic carbocycles. The number of sulfonamides is 1. The Morgan fingerprint density at radius 2 is 1.71 bits per heavy atom. The molecule has 5 atom stereocenters. The van der Waals surface area contributed by atoms with Gasteiger partial charge in [-0.2, -0.15) is 0 Å². The van der Waals surface area contributed by atoms with Crippen molar-refractivity contribution in [2.45, 2.75) is 151 Å². The first-order chi connectivity index (χ1) is 30.3. The molecule has 1 saturated heterocycles. The number of amides is 4. The van der Waals surface area contributed by atoms with Crippen molar-refractivity contribution in [3.8, 4) is 22.9 Å². The van der Waals surface area contributed by atoms with Crippen molar-refractivity contribution in [2.24, 2.45) is 5.92 Å². The summed E-state index contributed by atoms with van der Waals surface area (Å²) in [5, 5.41) is 11.8. The maximum atomic E-state index is 14.8. The lowest BCUT2D eigenvalue weighted by Crippen LogP contribution is -2.58. The first-order valence-corrected chi connectivity index (χ1v) is 24.9. The minimum Gasteiger partial charge on any atom is -0.497 e. The number of carbonyl (C=O) groups is 4. The van der Waals surface area contributed by atoms with Gasteiger partial charge in [-0.3, -0.25) is 19.1 Å². The third-order valence-corrected chi connectivity index (χ3v) is 15.5. The average molecular weight is 906 g/mol. The highest BCUT2D eigenvalue weighted by molar-refractivity contribution is 7.90. The summed E-state index contributed by atoms with van der Waals surface area (Å²) in [7, 11) is -2.41. The summed E-state index contributed by atoms with van der Waals surface area (Å²) >= 11 is 1.46. The smallest absolute Gasteiger partial charge is 0.408 e. The van der Waals surface area contributed by atoms with Crippen molar-refractivity contribution in [2.75, 3.05) is 19.0 Å². The summed E-state index contributed by atoms with van der Waals surface area (Å²) in [4.78, 5) is 68.1. The van der Waals surface area contributed by atoms with Crippen molar-refractivity contribution >= 4 is 61.2 Å². The van der Waals surface area contributed by atoms with Crippen LogP contribution in [0, 0.1) is 5.92 Å². The van der Waals surface area contributed by atoms with E-state index >= 15 is 0 Å². The number of carbonyl (C=O) groups excluding carboxylic acids is 4. The van der Waals surface area contributed by atoms with Crippen LogP contribution in [0.2, 0.25) is 0 Å². The molecule has 3 aromatic rings. The van der Waals surface area contributed by atoms with Crippen molar-refractivity contribution < 1.29 is 41.8 Å². The van der Waals surface area contributed by atoms with Crippen LogP contribution in [0.5, 0.6) is 11.5 Å². The van der Waals surface area contributed by atoms with Crippen LogP contribution in [0.15, 0.2) is 41.8 Å². The maximum absolute atomic E-state index is 14.8. The van der Waals surface area contributed by atoms with Crippen LogP contribution in [-0.2, 0) is 29.1 Å². The number of ether oxygens (including phenoxy) is 3. The second-order valence-corrected chi connectivity index (χ2v) is 20.8. The minimum absolute atomic E-state index is 0.0141. The summed E-state index contributed by atoms with van der Waals surface area (Å²) in [5.41, 5.74) is 0.255. The molecule has 0 spiro atoms. The number of fused-ring (bicyclic) bond motifs is 3. The van der Waals surface area contributed by atoms with E-state index in [4.69, 9.17) is 24.2 Å². The molecule has 4 N–H and O–H groups in total. The molecule has 1 aromatic carbocycles. The third kappa shape index (κ3) is 10.2. The zero-order chi connectivity index (χ0) is 44.3. The van der Waals surface area contributed by atoms with Crippen LogP contribution in [-0.4, -0.2) is 102 Å². The van der Waals surface area contributed by atoms with E-state index in [1.807, 2.05) is 37.4 Å². The van der Waals surface area contributed by atoms with Gasteiger partial charge in [-0.15, -0.1) is 11.3 Å². The molecule has 18 heteroatoms. The van der Waals surface area contributed by atoms with Crippen LogP contribution >= 0.6 is 11.3 Å². The lowest BCUT2D eigenvalue weighted by Gasteiger charge is -2.30. The highest BCUT2D eigenvalue weighted by atomic mass is 32.2. The molecule has 4 fully saturated rings. The summed E-state index contributed by atoms with van der Waals surface area (Å²) in [5.74, 6) is -1.24. The first-order valence-electron chi connectivity index (χ1n) is 22.5. The Morgan fingerprint density at radius 1 is 0.952 bits per heavy atom. The third-order valence-electron chi connectivity index (χ3n) is 12.9. The van der Waals surface area contributed by atoms with Crippen LogP contribution in [0.25, 0.3) is 22.3 Å². The van der Waals surface area contributed by atoms with Gasteiger partial charge >= 0.3 is 6.09 Å². The number of allylic oxidation sites excluding steroid dienone is 1. The van der Waals surface area contributed by atoms with Crippen molar-refractivity contribution in [3.63, 3.8) is 0 Å². The quantitative estimate of drug-likeness (QED) is 0.155. The van der Waals surface area contributed by atoms with Gasteiger partial charge in [-0.05, 0) is 90.2 Å². The van der Waals surface area contributed by atoms with E-state index in [9.17, 15) is 27.6 Å². The fourth-order valence-electron chi connectivity index (χ4n) is 9.42. The summed E-state index contributed by atoms with van der Waals surface area (Å²) in [6.45, 7) is 4.05. The number of nitrogens with one attached hydrogen (secondary N) is 4. The maximum Gasteiger partial charge on any atom is 0.408 e. The molecule has 16 nitrogen and oxygen atoms in total. The summed E-state index contributed by atoms with van der Waals surface area (Å²) < 4.78 is 47.2. The molecule has 63 heavy (non-hydrogen) atoms. The Labute approximate surface area is 372 Å². The number of hydrogen-bond donors (Lipinski definition) is 4. The molecule has 0 unspecified atom stereocenters. The number of anilines is 1. The minimum atomic E-state index is -3.98. The second-order valence-electron chi connectivity index (χ2n) is 17.9. The topological polar surface area (TPSA) is 207 Å². The number of alkyl carbamates (subject to hydrolysis) is 1. The van der Waals surface area contributed by atoms with Crippen LogP contribution in [0.1, 0.15) is 110 Å². The monoisotopic (exact) mass is 905 g/mol. The van der Waals surface area contributed by atoms with Crippen molar-refractivity contribution in [1.82, 2.24) is 30.2 Å². The van der Waals surface area contributed by atoms with E-state index in [2.05, 4.69) is 20.7 Å². The normalized spacial score (nSPS) is 26.6. The van der Waals surface area contributed by atoms with Crippen LogP contribution in [0.3, 0.4) is 0 Å². The van der Waals surface area contributed by atoms with E-state index in [0.29, 0.717) is 65.9 Å². The molecule has 5 aliphatic rings. The van der Waals surface area contributed by atoms with Crippen molar-refractivity contribution in [1.29, 1.82) is 0 Å². The molecular formula is C45H59N7O9S2. The summed E-state index contributed by atoms with van der Waals surface area (Å²) in [6, 6.07) is 5.32. The molecular weight excluding hydrogens is 847 g/mol. The predicted molar refractivity (Wildman–Crippen MR) is 239 cm³/mol. The van der Waals surface area contributed by atoms with Gasteiger partial charge in [0.05, 0.1) is 30.1 Å². The second kappa shape index (κ2) is 19.0. The fourth-order valence-corrected chi connectivity index (χ4v) is 11.8. The first kappa shape index (κ1) is 44.6. The molecule has 3 saturated carbocycles. The zero-order valence-corrected chi connectivity index (χ0v) is 37.9. The molecule has 0 radical (unpaired) electrons. The molecule has 340 valence electrons. The largest absolute Gasteiger partial charge is 0.497 e. The molecule has 8 rings (SSSR count). The van der Waals surface area contributed by atoms with Crippen molar-refractivity contribution in [3.05, 3.63) is 41.8 Å². The van der Waals surface area contributed by atoms with Gasteiger partial charge in [0.1, 0.15) is 47.0 Å². The molecule has 0 bridgehead atoms. The van der Waals surface area contributed by atoms with Gasteiger partial charge in [0.15, 0.2) is 5.13 Å². The predicted octanol–water partition coefficient (Wildman–Crippen LogP) is 6.36. The number of pyridine rings is 1. The summed E-state index contributed by atoms with van der Waals surface area (Å²) in [6.07, 6.45) is 11.7. The Morgan fingerprint density at radius 3 is 2.48 bits per heavy atom. The number of aromatic nitrogens is 2. The molecule has 2 aromatic heterocycles. The lowest BCUT2D eigenvalue weighted by atomic mass is 10.0. The lowest BCUT2D eigenvalue weighted by molar-refractivity contribution is -0.141. The highest BCUT2D eigenvalue weighted by Crippen LogP contribution is 2.46. The molecule has 4 amide bonds. The number of nitrogens with zero attached hydrogens (tertiary/aromatic N) is 3. The van der Waals surface area contributed by atoms with E-state index in [0.717, 1.165) is 56.5 Å². The van der Waals surface area contributed by atoms with Crippen LogP contribution in [0.4, 0.5) is 9.93 Å². The molecule has 4 heterocycles. The number of rotatable bonds is 11. The Hall–Kier alpha value is -4.97. The van der Waals surface area contributed by atoms with Gasteiger partial charge in [0.25, 0.3) is 5.91 Å².